The Kier molecular flexibility index (Phi) is 5.61. The molecule has 1 atom stereocenters. The molecule has 6 nitrogen and oxygen atoms in total. The lowest BCUT2D eigenvalue weighted by Gasteiger charge is -2.43. The van der Waals surface area contributed by atoms with Gasteiger partial charge < -0.3 is 9.47 Å². The van der Waals surface area contributed by atoms with Gasteiger partial charge in [0.15, 0.2) is 0 Å². The molecule has 0 saturated carbocycles. The highest BCUT2D eigenvalue weighted by Crippen LogP contribution is 2.25. The van der Waals surface area contributed by atoms with Crippen molar-refractivity contribution in [1.82, 2.24) is 19.8 Å². The number of ether oxygens (including phenoxy) is 2. The predicted octanol–water partition coefficient (Wildman–Crippen LogP) is 1.95. The van der Waals surface area contributed by atoms with Crippen LogP contribution in [-0.4, -0.2) is 71.4 Å². The van der Waals surface area contributed by atoms with Gasteiger partial charge in [-0.05, 0) is 24.6 Å². The molecule has 0 unspecified atom stereocenters. The molecule has 0 bridgehead atoms. The summed E-state index contributed by atoms with van der Waals surface area (Å²) in [6.45, 7) is 9.66. The summed E-state index contributed by atoms with van der Waals surface area (Å²) >= 11 is 1.71. The number of aromatic nitrogens is 2. The lowest BCUT2D eigenvalue weighted by atomic mass is 10.0. The molecule has 0 aliphatic carbocycles. The zero-order chi connectivity index (χ0) is 17.8. The monoisotopic (exact) mass is 374 g/mol. The highest BCUT2D eigenvalue weighted by atomic mass is 32.1. The molecule has 0 radical (unpaired) electrons. The SMILES string of the molecule is Cc1nc(CN2CCOC[C@@]3(CN(Cc4ccncc4)CCO3)C2)cs1. The maximum absolute atomic E-state index is 6.29. The molecule has 4 heterocycles. The number of thiazole rings is 1. The summed E-state index contributed by atoms with van der Waals surface area (Å²) in [5.41, 5.74) is 2.18. The Morgan fingerprint density at radius 2 is 1.88 bits per heavy atom. The maximum atomic E-state index is 6.29. The van der Waals surface area contributed by atoms with Crippen LogP contribution in [0.25, 0.3) is 0 Å². The molecule has 140 valence electrons. The molecule has 4 rings (SSSR count). The van der Waals surface area contributed by atoms with Gasteiger partial charge in [0, 0.05) is 57.0 Å². The summed E-state index contributed by atoms with van der Waals surface area (Å²) in [6, 6.07) is 4.17. The fraction of sp³-hybridized carbons (Fsp3) is 0.579. The zero-order valence-electron chi connectivity index (χ0n) is 15.3. The van der Waals surface area contributed by atoms with Gasteiger partial charge in [-0.25, -0.2) is 4.98 Å². The second-order valence-corrected chi connectivity index (χ2v) is 8.28. The van der Waals surface area contributed by atoms with Crippen LogP contribution < -0.4 is 0 Å². The summed E-state index contributed by atoms with van der Waals surface area (Å²) in [4.78, 5) is 13.6. The van der Waals surface area contributed by atoms with Crippen molar-refractivity contribution in [1.29, 1.82) is 0 Å². The molecule has 2 fully saturated rings. The van der Waals surface area contributed by atoms with Gasteiger partial charge in [0.2, 0.25) is 0 Å². The Morgan fingerprint density at radius 1 is 1.12 bits per heavy atom. The van der Waals surface area contributed by atoms with E-state index in [2.05, 4.69) is 44.2 Å². The molecule has 0 amide bonds. The normalized spacial score (nSPS) is 25.4. The summed E-state index contributed by atoms with van der Waals surface area (Å²) in [7, 11) is 0. The molecule has 2 aliphatic heterocycles. The van der Waals surface area contributed by atoms with Gasteiger partial charge in [0.05, 0.1) is 30.5 Å². The molecule has 2 aromatic rings. The maximum Gasteiger partial charge on any atom is 0.117 e. The molecule has 1 spiro atoms. The van der Waals surface area contributed by atoms with Crippen LogP contribution in [0.1, 0.15) is 16.3 Å². The Hall–Kier alpha value is -1.38. The number of aryl methyl sites for hydroxylation is 1. The van der Waals surface area contributed by atoms with Crippen LogP contribution in [0.2, 0.25) is 0 Å². The first kappa shape index (κ1) is 18.0. The van der Waals surface area contributed by atoms with E-state index in [9.17, 15) is 0 Å². The number of rotatable bonds is 4. The fourth-order valence-corrected chi connectivity index (χ4v) is 4.42. The van der Waals surface area contributed by atoms with E-state index < -0.39 is 0 Å². The van der Waals surface area contributed by atoms with Gasteiger partial charge in [-0.1, -0.05) is 0 Å². The van der Waals surface area contributed by atoms with Crippen molar-refractivity contribution in [2.24, 2.45) is 0 Å². The minimum atomic E-state index is -0.257. The summed E-state index contributed by atoms with van der Waals surface area (Å²) < 4.78 is 12.2. The quantitative estimate of drug-likeness (QED) is 0.815. The van der Waals surface area contributed by atoms with Crippen molar-refractivity contribution in [3.05, 3.63) is 46.2 Å². The largest absolute Gasteiger partial charge is 0.377 e. The second-order valence-electron chi connectivity index (χ2n) is 7.22. The van der Waals surface area contributed by atoms with Crippen molar-refractivity contribution < 1.29 is 9.47 Å². The molecule has 2 aromatic heterocycles. The van der Waals surface area contributed by atoms with Gasteiger partial charge in [-0.15, -0.1) is 11.3 Å². The van der Waals surface area contributed by atoms with Crippen LogP contribution in [0.5, 0.6) is 0 Å². The highest BCUT2D eigenvalue weighted by molar-refractivity contribution is 7.09. The number of morpholine rings is 1. The Bertz CT molecular complexity index is 711. The van der Waals surface area contributed by atoms with Crippen LogP contribution >= 0.6 is 11.3 Å². The first-order valence-corrected chi connectivity index (χ1v) is 10.1. The second kappa shape index (κ2) is 8.10. The van der Waals surface area contributed by atoms with E-state index in [0.717, 1.165) is 63.2 Å². The zero-order valence-corrected chi connectivity index (χ0v) is 16.1. The lowest BCUT2D eigenvalue weighted by Crippen LogP contribution is -2.58. The average Bonchev–Trinajstić information content (AvgIpc) is 2.94. The van der Waals surface area contributed by atoms with Crippen molar-refractivity contribution >= 4 is 11.3 Å². The van der Waals surface area contributed by atoms with Crippen LogP contribution in [0.3, 0.4) is 0 Å². The predicted molar refractivity (Wildman–Crippen MR) is 101 cm³/mol. The first-order valence-electron chi connectivity index (χ1n) is 9.17. The van der Waals surface area contributed by atoms with E-state index in [-0.39, 0.29) is 5.60 Å². The number of hydrogen-bond acceptors (Lipinski definition) is 7. The van der Waals surface area contributed by atoms with Crippen molar-refractivity contribution in [3.63, 3.8) is 0 Å². The van der Waals surface area contributed by atoms with E-state index in [1.165, 1.54) is 5.56 Å². The lowest BCUT2D eigenvalue weighted by molar-refractivity contribution is -0.143. The molecule has 2 saturated heterocycles. The van der Waals surface area contributed by atoms with Crippen LogP contribution in [-0.2, 0) is 22.6 Å². The summed E-state index contributed by atoms with van der Waals surface area (Å²) in [6.07, 6.45) is 3.72. The van der Waals surface area contributed by atoms with E-state index in [0.29, 0.717) is 6.61 Å². The van der Waals surface area contributed by atoms with Crippen molar-refractivity contribution in [2.75, 3.05) is 46.0 Å². The topological polar surface area (TPSA) is 50.7 Å². The van der Waals surface area contributed by atoms with Crippen molar-refractivity contribution in [3.8, 4) is 0 Å². The van der Waals surface area contributed by atoms with E-state index in [1.807, 2.05) is 12.4 Å². The van der Waals surface area contributed by atoms with Crippen molar-refractivity contribution in [2.45, 2.75) is 25.6 Å². The fourth-order valence-electron chi connectivity index (χ4n) is 3.82. The summed E-state index contributed by atoms with van der Waals surface area (Å²) in [5.74, 6) is 0. The molecular formula is C19H26N4O2S. The van der Waals surface area contributed by atoms with Gasteiger partial charge in [-0.2, -0.15) is 0 Å². The van der Waals surface area contributed by atoms with Crippen LogP contribution in [0, 0.1) is 6.92 Å². The molecule has 0 N–H and O–H groups in total. The first-order chi connectivity index (χ1) is 12.7. The smallest absolute Gasteiger partial charge is 0.117 e. The van der Waals surface area contributed by atoms with E-state index in [1.54, 1.807) is 11.3 Å². The van der Waals surface area contributed by atoms with Gasteiger partial charge in [0.1, 0.15) is 5.60 Å². The average molecular weight is 375 g/mol. The Labute approximate surface area is 158 Å². The summed E-state index contributed by atoms with van der Waals surface area (Å²) in [5, 5.41) is 3.28. The van der Waals surface area contributed by atoms with Crippen LogP contribution in [0.4, 0.5) is 0 Å². The molecule has 2 aliphatic rings. The number of pyridine rings is 1. The standard InChI is InChI=1S/C19H26N4O2S/c1-16-21-18(12-26-16)11-23-6-8-24-15-19(14-23)13-22(7-9-25-19)10-17-2-4-20-5-3-17/h2-5,12H,6-11,13-15H2,1H3/t19-/m1/s1. The Balaban J connectivity index is 1.43. The molecule has 0 aromatic carbocycles. The third-order valence-corrected chi connectivity index (χ3v) is 5.79. The number of nitrogens with zero attached hydrogens (tertiary/aromatic N) is 4. The molecule has 26 heavy (non-hydrogen) atoms. The highest BCUT2D eigenvalue weighted by Gasteiger charge is 2.40. The third kappa shape index (κ3) is 4.47. The van der Waals surface area contributed by atoms with Crippen LogP contribution in [0.15, 0.2) is 29.9 Å². The van der Waals surface area contributed by atoms with Gasteiger partial charge in [-0.3, -0.25) is 14.8 Å². The third-order valence-electron chi connectivity index (χ3n) is 4.96. The van der Waals surface area contributed by atoms with E-state index in [4.69, 9.17) is 9.47 Å². The molecule has 7 heteroatoms. The molecular weight excluding hydrogens is 348 g/mol. The Morgan fingerprint density at radius 3 is 2.65 bits per heavy atom. The van der Waals surface area contributed by atoms with Gasteiger partial charge in [0.25, 0.3) is 0 Å². The number of hydrogen-bond donors (Lipinski definition) is 0. The minimum absolute atomic E-state index is 0.257. The van der Waals surface area contributed by atoms with Gasteiger partial charge >= 0.3 is 0 Å². The minimum Gasteiger partial charge on any atom is -0.377 e. The van der Waals surface area contributed by atoms with E-state index >= 15 is 0 Å².